The Bertz CT molecular complexity index is 1010. The normalized spacial score (nSPS) is 14.2. The van der Waals surface area contributed by atoms with Gasteiger partial charge in [0.15, 0.2) is 0 Å². The van der Waals surface area contributed by atoms with Crippen LogP contribution in [0.3, 0.4) is 0 Å². The van der Waals surface area contributed by atoms with Crippen molar-refractivity contribution < 1.29 is 39.3 Å². The molecule has 0 fully saturated rings. The highest BCUT2D eigenvalue weighted by Gasteiger charge is 2.31. The zero-order chi connectivity index (χ0) is 26.0. The van der Waals surface area contributed by atoms with Crippen molar-refractivity contribution in [1.82, 2.24) is 35.9 Å². The number of nitrogens with one attached hydrogen (secondary N) is 5. The van der Waals surface area contributed by atoms with Crippen LogP contribution < -0.4 is 21.7 Å². The van der Waals surface area contributed by atoms with Crippen molar-refractivity contribution in [3.05, 3.63) is 36.4 Å². The van der Waals surface area contributed by atoms with Crippen molar-refractivity contribution in [2.75, 3.05) is 6.61 Å². The number of aromatic nitrogens is 4. The molecule has 0 saturated carbocycles. The summed E-state index contributed by atoms with van der Waals surface area (Å²) in [6.45, 7) is -0.830. The van der Waals surface area contributed by atoms with E-state index in [-0.39, 0.29) is 12.8 Å². The van der Waals surface area contributed by atoms with Crippen LogP contribution in [0.15, 0.2) is 25.0 Å². The number of carboxylic acids is 2. The molecule has 3 amide bonds. The molecule has 2 heterocycles. The van der Waals surface area contributed by atoms with Crippen LogP contribution in [-0.2, 0) is 36.8 Å². The van der Waals surface area contributed by atoms with Gasteiger partial charge >= 0.3 is 11.9 Å². The van der Waals surface area contributed by atoms with Crippen LogP contribution in [-0.4, -0.2) is 95.7 Å². The van der Waals surface area contributed by atoms with Crippen LogP contribution in [0.1, 0.15) is 17.8 Å². The molecular weight excluding hydrogens is 468 g/mol. The van der Waals surface area contributed by atoms with Crippen LogP contribution in [0.5, 0.6) is 0 Å². The molecule has 10 N–H and O–H groups in total. The number of nitrogens with zero attached hydrogens (tertiary/aromatic N) is 2. The van der Waals surface area contributed by atoms with Gasteiger partial charge in [0.2, 0.25) is 17.7 Å². The molecule has 0 saturated heterocycles. The molecule has 16 heteroatoms. The van der Waals surface area contributed by atoms with E-state index in [9.17, 15) is 34.2 Å². The third-order valence-electron chi connectivity index (χ3n) is 4.75. The van der Waals surface area contributed by atoms with Gasteiger partial charge in [-0.3, -0.25) is 19.2 Å². The molecule has 2 aromatic rings. The number of carboxylic acid groups (broad SMARTS) is 2. The van der Waals surface area contributed by atoms with E-state index in [0.29, 0.717) is 11.4 Å². The van der Waals surface area contributed by atoms with Crippen molar-refractivity contribution in [2.24, 2.45) is 5.73 Å². The van der Waals surface area contributed by atoms with Gasteiger partial charge in [-0.15, -0.1) is 0 Å². The molecule has 2 rings (SSSR count). The zero-order valence-electron chi connectivity index (χ0n) is 18.3. The maximum atomic E-state index is 12.7. The lowest BCUT2D eigenvalue weighted by Crippen LogP contribution is -2.58. The summed E-state index contributed by atoms with van der Waals surface area (Å²) in [5.41, 5.74) is 6.79. The van der Waals surface area contributed by atoms with Gasteiger partial charge in [-0.1, -0.05) is 0 Å². The molecule has 4 unspecified atom stereocenters. The van der Waals surface area contributed by atoms with Crippen LogP contribution in [0.2, 0.25) is 0 Å². The molecule has 0 spiro atoms. The number of H-pyrrole nitrogens is 2. The fraction of sp³-hybridized carbons (Fsp3) is 0.421. The largest absolute Gasteiger partial charge is 0.481 e. The molecule has 4 atom stereocenters. The van der Waals surface area contributed by atoms with E-state index >= 15 is 0 Å². The number of rotatable bonds is 14. The van der Waals surface area contributed by atoms with E-state index in [1.807, 2.05) is 0 Å². The summed E-state index contributed by atoms with van der Waals surface area (Å²) < 4.78 is 0. The number of imidazole rings is 2. The Labute approximate surface area is 197 Å². The molecule has 0 bridgehead atoms. The highest BCUT2D eigenvalue weighted by molar-refractivity contribution is 5.94. The van der Waals surface area contributed by atoms with Crippen LogP contribution >= 0.6 is 0 Å². The second-order valence-electron chi connectivity index (χ2n) is 7.47. The van der Waals surface area contributed by atoms with Gasteiger partial charge in [0.05, 0.1) is 31.7 Å². The molecule has 190 valence electrons. The zero-order valence-corrected chi connectivity index (χ0v) is 18.3. The summed E-state index contributed by atoms with van der Waals surface area (Å²) >= 11 is 0. The van der Waals surface area contributed by atoms with Gasteiger partial charge in [0.1, 0.15) is 18.1 Å². The van der Waals surface area contributed by atoms with Gasteiger partial charge in [0.25, 0.3) is 0 Å². The number of hydrogen-bond donors (Lipinski definition) is 9. The lowest BCUT2D eigenvalue weighted by molar-refractivity contribution is -0.147. The van der Waals surface area contributed by atoms with Gasteiger partial charge in [-0.05, 0) is 0 Å². The van der Waals surface area contributed by atoms with Crippen LogP contribution in [0.4, 0.5) is 0 Å². The maximum absolute atomic E-state index is 12.7. The second kappa shape index (κ2) is 12.8. The minimum atomic E-state index is -1.75. The third kappa shape index (κ3) is 8.52. The average molecular weight is 494 g/mol. The van der Waals surface area contributed by atoms with Crippen LogP contribution in [0, 0.1) is 0 Å². The number of nitrogens with two attached hydrogens (primary N) is 1. The first-order valence-electron chi connectivity index (χ1n) is 10.3. The Hall–Kier alpha value is -4.31. The van der Waals surface area contributed by atoms with Crippen molar-refractivity contribution in [1.29, 1.82) is 0 Å². The smallest absolute Gasteiger partial charge is 0.326 e. The number of aliphatic hydroxyl groups is 1. The highest BCUT2D eigenvalue weighted by Crippen LogP contribution is 2.03. The van der Waals surface area contributed by atoms with E-state index in [4.69, 9.17) is 10.8 Å². The molecule has 0 aliphatic heterocycles. The standard InChI is InChI=1S/C19H26N8O8/c20-11(1-9-4-21-7-23-9)16(31)27-14(6-28)18(33)25-12(2-10-5-22-8-24-10)17(32)26-13(19(34)35)3-15(29)30/h4-5,7-8,11-14,28H,1-3,6,20H2,(H,21,23)(H,22,24)(H,25,33)(H,26,32)(H,27,31)(H,29,30)(H,34,35). The fourth-order valence-corrected chi connectivity index (χ4v) is 2.94. The first kappa shape index (κ1) is 26.9. The monoisotopic (exact) mass is 494 g/mol. The lowest BCUT2D eigenvalue weighted by Gasteiger charge is -2.24. The summed E-state index contributed by atoms with van der Waals surface area (Å²) in [6.07, 6.45) is 4.55. The van der Waals surface area contributed by atoms with E-state index in [2.05, 4.69) is 35.9 Å². The van der Waals surface area contributed by atoms with E-state index in [1.165, 1.54) is 25.0 Å². The summed E-state index contributed by atoms with van der Waals surface area (Å²) in [7, 11) is 0. The first-order chi connectivity index (χ1) is 16.6. The number of aliphatic carboxylic acids is 2. The number of hydrogen-bond acceptors (Lipinski definition) is 9. The molecule has 35 heavy (non-hydrogen) atoms. The molecule has 0 aliphatic carbocycles. The fourth-order valence-electron chi connectivity index (χ4n) is 2.94. The minimum absolute atomic E-state index is 0.0800. The first-order valence-corrected chi connectivity index (χ1v) is 10.3. The SMILES string of the molecule is NC(Cc1cnc[nH]1)C(=O)NC(CO)C(=O)NC(Cc1cnc[nH]1)C(=O)NC(CC(=O)O)C(=O)O. The van der Waals surface area contributed by atoms with E-state index in [1.54, 1.807) is 0 Å². The molecule has 2 aromatic heterocycles. The Balaban J connectivity index is 2.08. The molecular formula is C19H26N8O8. The van der Waals surface area contributed by atoms with Gasteiger partial charge in [0, 0.05) is 36.6 Å². The minimum Gasteiger partial charge on any atom is -0.481 e. The van der Waals surface area contributed by atoms with Crippen molar-refractivity contribution in [3.8, 4) is 0 Å². The average Bonchev–Trinajstić information content (AvgIpc) is 3.50. The lowest BCUT2D eigenvalue weighted by atomic mass is 10.1. The number of carbonyl (C=O) groups excluding carboxylic acids is 3. The van der Waals surface area contributed by atoms with Crippen molar-refractivity contribution >= 4 is 29.7 Å². The molecule has 0 aromatic carbocycles. The Morgan fingerprint density at radius 3 is 1.83 bits per heavy atom. The number of carbonyl (C=O) groups is 5. The van der Waals surface area contributed by atoms with Gasteiger partial charge in [-0.2, -0.15) is 0 Å². The molecule has 0 aliphatic rings. The number of amides is 3. The summed E-state index contributed by atoms with van der Waals surface area (Å²) in [6, 6.07) is -5.71. The molecule has 0 radical (unpaired) electrons. The quantitative estimate of drug-likeness (QED) is 0.123. The maximum Gasteiger partial charge on any atom is 0.326 e. The summed E-state index contributed by atoms with van der Waals surface area (Å²) in [5, 5.41) is 34.3. The predicted octanol–water partition coefficient (Wildman–Crippen LogP) is -3.75. The van der Waals surface area contributed by atoms with Gasteiger partial charge in [-0.25, -0.2) is 14.8 Å². The third-order valence-corrected chi connectivity index (χ3v) is 4.75. The Kier molecular flexibility index (Phi) is 9.85. The summed E-state index contributed by atoms with van der Waals surface area (Å²) in [4.78, 5) is 73.1. The van der Waals surface area contributed by atoms with Gasteiger partial charge < -0.3 is 47.0 Å². The van der Waals surface area contributed by atoms with Crippen LogP contribution in [0.25, 0.3) is 0 Å². The highest BCUT2D eigenvalue weighted by atomic mass is 16.4. The predicted molar refractivity (Wildman–Crippen MR) is 115 cm³/mol. The number of aromatic amines is 2. The molecule has 16 nitrogen and oxygen atoms in total. The van der Waals surface area contributed by atoms with E-state index < -0.39 is 66.9 Å². The van der Waals surface area contributed by atoms with Crippen molar-refractivity contribution in [2.45, 2.75) is 43.4 Å². The summed E-state index contributed by atoms with van der Waals surface area (Å²) in [5.74, 6) is -5.75. The Morgan fingerprint density at radius 2 is 1.34 bits per heavy atom. The second-order valence-corrected chi connectivity index (χ2v) is 7.47. The number of aliphatic hydroxyl groups excluding tert-OH is 1. The topological polar surface area (TPSA) is 266 Å². The van der Waals surface area contributed by atoms with E-state index in [0.717, 1.165) is 0 Å². The Morgan fingerprint density at radius 1 is 0.829 bits per heavy atom. The van der Waals surface area contributed by atoms with Crippen molar-refractivity contribution in [3.63, 3.8) is 0 Å².